The molecular weight excluding hydrogens is 269 g/mol. The van der Waals surface area contributed by atoms with Crippen molar-refractivity contribution in [2.45, 2.75) is 6.92 Å². The molecule has 0 heterocycles. The smallest absolute Gasteiger partial charge is 0.193 e. The molecule has 0 aromatic heterocycles. The van der Waals surface area contributed by atoms with E-state index in [1.807, 2.05) is 13.0 Å². The van der Waals surface area contributed by atoms with Gasteiger partial charge in [-0.05, 0) is 36.8 Å². The van der Waals surface area contributed by atoms with E-state index in [1.54, 1.807) is 30.3 Å². The van der Waals surface area contributed by atoms with Gasteiger partial charge in [0.25, 0.3) is 0 Å². The van der Waals surface area contributed by atoms with Crippen molar-refractivity contribution in [3.8, 4) is 0 Å². The maximum Gasteiger partial charge on any atom is 0.193 e. The summed E-state index contributed by atoms with van der Waals surface area (Å²) in [7, 11) is 0. The standard InChI is InChI=1S/C14H11Cl2NO/c1-8-2-3-9(6-13(8)16)14(18)10-4-11(15)7-12(17)5-10/h2-7H,17H2,1H3. The molecule has 0 atom stereocenters. The van der Waals surface area contributed by atoms with Gasteiger partial charge in [-0.25, -0.2) is 0 Å². The zero-order valence-electron chi connectivity index (χ0n) is 9.71. The fourth-order valence-corrected chi connectivity index (χ4v) is 2.07. The van der Waals surface area contributed by atoms with E-state index in [4.69, 9.17) is 28.9 Å². The van der Waals surface area contributed by atoms with Crippen molar-refractivity contribution in [3.63, 3.8) is 0 Å². The highest BCUT2D eigenvalue weighted by atomic mass is 35.5. The van der Waals surface area contributed by atoms with Crippen LogP contribution in [0.3, 0.4) is 0 Å². The minimum Gasteiger partial charge on any atom is -0.399 e. The SMILES string of the molecule is Cc1ccc(C(=O)c2cc(N)cc(Cl)c2)cc1Cl. The van der Waals surface area contributed by atoms with Gasteiger partial charge in [0.15, 0.2) is 5.78 Å². The minimum atomic E-state index is -0.147. The summed E-state index contributed by atoms with van der Waals surface area (Å²) in [6, 6.07) is 9.98. The molecule has 0 radical (unpaired) electrons. The molecule has 2 nitrogen and oxygen atoms in total. The van der Waals surface area contributed by atoms with Gasteiger partial charge < -0.3 is 5.73 Å². The van der Waals surface area contributed by atoms with E-state index in [1.165, 1.54) is 0 Å². The quantitative estimate of drug-likeness (QED) is 0.664. The highest BCUT2D eigenvalue weighted by molar-refractivity contribution is 6.32. The lowest BCUT2D eigenvalue weighted by Gasteiger charge is -2.05. The molecule has 18 heavy (non-hydrogen) atoms. The molecule has 0 aliphatic heterocycles. The van der Waals surface area contributed by atoms with Crippen LogP contribution in [0.25, 0.3) is 0 Å². The third-order valence-electron chi connectivity index (χ3n) is 2.62. The molecule has 2 rings (SSSR count). The largest absolute Gasteiger partial charge is 0.399 e. The zero-order valence-corrected chi connectivity index (χ0v) is 11.2. The van der Waals surface area contributed by atoms with E-state index < -0.39 is 0 Å². The normalized spacial score (nSPS) is 10.4. The first-order valence-corrected chi connectivity index (χ1v) is 6.10. The summed E-state index contributed by atoms with van der Waals surface area (Å²) in [5.74, 6) is -0.147. The van der Waals surface area contributed by atoms with E-state index in [-0.39, 0.29) is 5.78 Å². The third kappa shape index (κ3) is 2.66. The van der Waals surface area contributed by atoms with E-state index in [0.29, 0.717) is 26.9 Å². The van der Waals surface area contributed by atoms with Gasteiger partial charge >= 0.3 is 0 Å². The van der Waals surface area contributed by atoms with Crippen LogP contribution in [-0.4, -0.2) is 5.78 Å². The molecule has 0 saturated carbocycles. The first-order chi connectivity index (χ1) is 8.47. The van der Waals surface area contributed by atoms with Crippen LogP contribution in [0.15, 0.2) is 36.4 Å². The Morgan fingerprint density at radius 1 is 1.06 bits per heavy atom. The topological polar surface area (TPSA) is 43.1 Å². The van der Waals surface area contributed by atoms with E-state index >= 15 is 0 Å². The molecule has 0 aliphatic carbocycles. The van der Waals surface area contributed by atoms with E-state index in [9.17, 15) is 4.79 Å². The number of aryl methyl sites for hydroxylation is 1. The van der Waals surface area contributed by atoms with Crippen LogP contribution in [-0.2, 0) is 0 Å². The van der Waals surface area contributed by atoms with Crippen LogP contribution in [0.4, 0.5) is 5.69 Å². The van der Waals surface area contributed by atoms with E-state index in [0.717, 1.165) is 5.56 Å². The summed E-state index contributed by atoms with van der Waals surface area (Å²) < 4.78 is 0. The molecule has 0 spiro atoms. The second-order valence-electron chi connectivity index (χ2n) is 4.07. The van der Waals surface area contributed by atoms with Crippen molar-refractivity contribution in [2.24, 2.45) is 0 Å². The Labute approximate surface area is 115 Å². The molecule has 0 saturated heterocycles. The lowest BCUT2D eigenvalue weighted by molar-refractivity contribution is 0.103. The van der Waals surface area contributed by atoms with Crippen LogP contribution in [0.2, 0.25) is 10.0 Å². The minimum absolute atomic E-state index is 0.147. The van der Waals surface area contributed by atoms with Gasteiger partial charge in [0.05, 0.1) is 0 Å². The summed E-state index contributed by atoms with van der Waals surface area (Å²) in [5.41, 5.74) is 8.04. The van der Waals surface area contributed by atoms with Gasteiger partial charge in [0, 0.05) is 26.9 Å². The molecule has 0 bridgehead atoms. The molecule has 0 unspecified atom stereocenters. The van der Waals surface area contributed by atoms with Crippen molar-refractivity contribution < 1.29 is 4.79 Å². The highest BCUT2D eigenvalue weighted by Crippen LogP contribution is 2.22. The molecule has 0 fully saturated rings. The molecule has 0 aliphatic rings. The Morgan fingerprint density at radius 2 is 1.78 bits per heavy atom. The summed E-state index contributed by atoms with van der Waals surface area (Å²) in [6.07, 6.45) is 0. The predicted molar refractivity (Wildman–Crippen MR) is 75.5 cm³/mol. The number of hydrogen-bond donors (Lipinski definition) is 1. The predicted octanol–water partition coefficient (Wildman–Crippen LogP) is 4.12. The molecule has 4 heteroatoms. The fourth-order valence-electron chi connectivity index (χ4n) is 1.64. The van der Waals surface area contributed by atoms with Gasteiger partial charge in [0.2, 0.25) is 0 Å². The average molecular weight is 280 g/mol. The number of carbonyl (C=O) groups excluding carboxylic acids is 1. The fraction of sp³-hybridized carbons (Fsp3) is 0.0714. The number of carbonyl (C=O) groups is 1. The first kappa shape index (κ1) is 12.9. The van der Waals surface area contributed by atoms with Crippen LogP contribution in [0.5, 0.6) is 0 Å². The van der Waals surface area contributed by atoms with Crippen LogP contribution in [0, 0.1) is 6.92 Å². The Bertz CT molecular complexity index is 603. The summed E-state index contributed by atoms with van der Waals surface area (Å²) in [5, 5.41) is 1.01. The summed E-state index contributed by atoms with van der Waals surface area (Å²) in [6.45, 7) is 1.88. The monoisotopic (exact) mass is 279 g/mol. The second kappa shape index (κ2) is 5.01. The molecule has 2 aromatic rings. The van der Waals surface area contributed by atoms with Crippen molar-refractivity contribution >= 4 is 34.7 Å². The maximum absolute atomic E-state index is 12.2. The zero-order chi connectivity index (χ0) is 13.3. The number of ketones is 1. The Balaban J connectivity index is 2.44. The molecule has 92 valence electrons. The first-order valence-electron chi connectivity index (χ1n) is 5.34. The molecule has 0 amide bonds. The number of rotatable bonds is 2. The van der Waals surface area contributed by atoms with Gasteiger partial charge in [-0.2, -0.15) is 0 Å². The molecule has 2 N–H and O–H groups in total. The Hall–Kier alpha value is -1.51. The van der Waals surface area contributed by atoms with Crippen LogP contribution in [0.1, 0.15) is 21.5 Å². The van der Waals surface area contributed by atoms with Crippen molar-refractivity contribution in [3.05, 3.63) is 63.1 Å². The van der Waals surface area contributed by atoms with Gasteiger partial charge in [-0.1, -0.05) is 35.3 Å². The Kier molecular flexibility index (Phi) is 3.60. The van der Waals surface area contributed by atoms with Gasteiger partial charge in [-0.3, -0.25) is 4.79 Å². The lowest BCUT2D eigenvalue weighted by Crippen LogP contribution is -2.02. The summed E-state index contributed by atoms with van der Waals surface area (Å²) >= 11 is 11.9. The van der Waals surface area contributed by atoms with Crippen molar-refractivity contribution in [1.82, 2.24) is 0 Å². The van der Waals surface area contributed by atoms with Crippen molar-refractivity contribution in [2.75, 3.05) is 5.73 Å². The molecular formula is C14H11Cl2NO. The highest BCUT2D eigenvalue weighted by Gasteiger charge is 2.11. The van der Waals surface area contributed by atoms with Crippen LogP contribution >= 0.6 is 23.2 Å². The summed E-state index contributed by atoms with van der Waals surface area (Å²) in [4.78, 5) is 12.2. The third-order valence-corrected chi connectivity index (χ3v) is 3.24. The maximum atomic E-state index is 12.2. The number of hydrogen-bond acceptors (Lipinski definition) is 2. The lowest BCUT2D eigenvalue weighted by atomic mass is 10.0. The number of halogens is 2. The van der Waals surface area contributed by atoms with Crippen LogP contribution < -0.4 is 5.73 Å². The number of nitrogens with two attached hydrogens (primary N) is 1. The Morgan fingerprint density at radius 3 is 2.39 bits per heavy atom. The van der Waals surface area contributed by atoms with Gasteiger partial charge in [-0.15, -0.1) is 0 Å². The van der Waals surface area contributed by atoms with Crippen molar-refractivity contribution in [1.29, 1.82) is 0 Å². The average Bonchev–Trinajstić information content (AvgIpc) is 2.30. The number of anilines is 1. The van der Waals surface area contributed by atoms with Gasteiger partial charge in [0.1, 0.15) is 0 Å². The molecule has 2 aromatic carbocycles. The number of benzene rings is 2. The number of nitrogen functional groups attached to an aromatic ring is 1. The van der Waals surface area contributed by atoms with E-state index in [2.05, 4.69) is 0 Å². The second-order valence-corrected chi connectivity index (χ2v) is 4.91.